The van der Waals surface area contributed by atoms with E-state index in [4.69, 9.17) is 66.5 Å². The van der Waals surface area contributed by atoms with E-state index in [9.17, 15) is 14.4 Å². The fraction of sp³-hybridized carbons (Fsp3) is 0.386. The SMILES string of the molecule is CC(C)(C)OC(=O)N1CCN(c2ccc(C(=O)NCCO)cc2Cl)[C@H](c2ccc(Cl)cc2)C1.CO.O=C(NCCO)c1ccc(N2CCNC[C@H]2c2ccc(Cl)cc2)c(Cl)c1. The van der Waals surface area contributed by atoms with Crippen molar-refractivity contribution in [3.05, 3.63) is 127 Å². The Morgan fingerprint density at radius 1 is 0.689 bits per heavy atom. The molecule has 2 atom stereocenters. The third kappa shape index (κ3) is 14.1. The lowest BCUT2D eigenvalue weighted by atomic mass is 10.0. The molecule has 0 aromatic heterocycles. The van der Waals surface area contributed by atoms with Crippen LogP contribution in [0.1, 0.15) is 64.7 Å². The molecule has 0 spiro atoms. The number of halogens is 4. The fourth-order valence-electron chi connectivity index (χ4n) is 6.81. The molecule has 2 fully saturated rings. The number of hydrogen-bond donors (Lipinski definition) is 6. The molecule has 4 aromatic carbocycles. The zero-order valence-electron chi connectivity index (χ0n) is 34.6. The van der Waals surface area contributed by atoms with Crippen molar-refractivity contribution in [3.63, 3.8) is 0 Å². The van der Waals surface area contributed by atoms with Crippen molar-refractivity contribution in [1.29, 1.82) is 0 Å². The second kappa shape index (κ2) is 23.8. The van der Waals surface area contributed by atoms with Crippen molar-refractivity contribution in [2.24, 2.45) is 0 Å². The summed E-state index contributed by atoms with van der Waals surface area (Å²) in [5.41, 5.74) is 4.10. The van der Waals surface area contributed by atoms with Gasteiger partial charge >= 0.3 is 6.09 Å². The molecule has 2 aliphatic rings. The predicted octanol–water partition coefficient (Wildman–Crippen LogP) is 6.99. The van der Waals surface area contributed by atoms with Crippen molar-refractivity contribution < 1.29 is 34.4 Å². The first-order valence-electron chi connectivity index (χ1n) is 19.7. The highest BCUT2D eigenvalue weighted by atomic mass is 35.5. The van der Waals surface area contributed by atoms with E-state index in [0.717, 1.165) is 49.2 Å². The Morgan fingerprint density at radius 2 is 1.15 bits per heavy atom. The summed E-state index contributed by atoms with van der Waals surface area (Å²) in [4.78, 5) is 43.1. The Morgan fingerprint density at radius 3 is 1.59 bits per heavy atom. The lowest BCUT2D eigenvalue weighted by Gasteiger charge is -2.43. The Hall–Kier alpha value is -4.31. The Balaban J connectivity index is 0.000000265. The number of rotatable bonds is 10. The lowest BCUT2D eigenvalue weighted by Crippen LogP contribution is -2.51. The number of nitrogens with zero attached hydrogens (tertiary/aromatic N) is 3. The fourth-order valence-corrected chi connectivity index (χ4v) is 7.64. The van der Waals surface area contributed by atoms with E-state index >= 15 is 0 Å². The number of amides is 3. The Labute approximate surface area is 377 Å². The largest absolute Gasteiger partial charge is 0.444 e. The highest BCUT2D eigenvalue weighted by Gasteiger charge is 2.34. The monoisotopic (exact) mass is 918 g/mol. The quantitative estimate of drug-likeness (QED) is 0.0977. The van der Waals surface area contributed by atoms with Crippen LogP contribution in [0, 0.1) is 0 Å². The van der Waals surface area contributed by atoms with Crippen molar-refractivity contribution in [1.82, 2.24) is 20.9 Å². The molecule has 0 bridgehead atoms. The molecule has 4 aromatic rings. The van der Waals surface area contributed by atoms with Crippen LogP contribution in [-0.2, 0) is 4.74 Å². The van der Waals surface area contributed by atoms with Crippen LogP contribution in [-0.4, -0.2) is 116 Å². The molecule has 13 nitrogen and oxygen atoms in total. The maximum absolute atomic E-state index is 12.7. The normalized spacial score (nSPS) is 16.3. The minimum atomic E-state index is -0.584. The second-order valence-electron chi connectivity index (χ2n) is 14.9. The smallest absolute Gasteiger partial charge is 0.410 e. The minimum absolute atomic E-state index is 0.0961. The van der Waals surface area contributed by atoms with Crippen LogP contribution in [0.3, 0.4) is 0 Å². The van der Waals surface area contributed by atoms with Gasteiger partial charge in [-0.05, 0) is 92.6 Å². The summed E-state index contributed by atoms with van der Waals surface area (Å²) < 4.78 is 5.58. The first-order chi connectivity index (χ1) is 29.2. The van der Waals surface area contributed by atoms with E-state index in [0.29, 0.717) is 50.9 Å². The number of aliphatic hydroxyl groups excluding tert-OH is 3. The van der Waals surface area contributed by atoms with E-state index in [2.05, 4.69) is 25.8 Å². The Kier molecular flexibility index (Phi) is 19.2. The van der Waals surface area contributed by atoms with Gasteiger partial charge in [-0.1, -0.05) is 70.7 Å². The Bertz CT molecular complexity index is 2050. The molecule has 61 heavy (non-hydrogen) atoms. The number of benzene rings is 4. The topological polar surface area (TPSA) is 167 Å². The second-order valence-corrected chi connectivity index (χ2v) is 16.6. The van der Waals surface area contributed by atoms with Crippen molar-refractivity contribution in [2.75, 3.05) is 82.5 Å². The molecule has 0 radical (unpaired) electrons. The molecule has 330 valence electrons. The number of ether oxygens (including phenoxy) is 1. The van der Waals surface area contributed by atoms with E-state index in [-0.39, 0.29) is 56.3 Å². The maximum Gasteiger partial charge on any atom is 0.410 e. The van der Waals surface area contributed by atoms with Gasteiger partial charge in [0.05, 0.1) is 46.7 Å². The predicted molar refractivity (Wildman–Crippen MR) is 244 cm³/mol. The van der Waals surface area contributed by atoms with Gasteiger partial charge in [-0.15, -0.1) is 0 Å². The highest BCUT2D eigenvalue weighted by molar-refractivity contribution is 6.34. The molecule has 2 heterocycles. The van der Waals surface area contributed by atoms with Gasteiger partial charge in [0.25, 0.3) is 11.8 Å². The van der Waals surface area contributed by atoms with E-state index in [1.54, 1.807) is 29.2 Å². The molecule has 0 aliphatic carbocycles. The van der Waals surface area contributed by atoms with Crippen molar-refractivity contribution in [3.8, 4) is 0 Å². The molecule has 6 rings (SSSR count). The first kappa shape index (κ1) is 49.3. The van der Waals surface area contributed by atoms with Gasteiger partial charge in [-0.3, -0.25) is 9.59 Å². The number of anilines is 2. The van der Waals surface area contributed by atoms with Crippen LogP contribution < -0.4 is 25.8 Å². The number of carbonyl (C=O) groups is 3. The van der Waals surface area contributed by atoms with E-state index in [1.807, 2.05) is 81.4 Å². The van der Waals surface area contributed by atoms with Gasteiger partial charge in [-0.25, -0.2) is 4.79 Å². The van der Waals surface area contributed by atoms with Gasteiger partial charge < -0.3 is 50.7 Å². The van der Waals surface area contributed by atoms with Gasteiger partial charge in [0.2, 0.25) is 0 Å². The van der Waals surface area contributed by atoms with Gasteiger partial charge in [-0.2, -0.15) is 0 Å². The average molecular weight is 921 g/mol. The molecule has 2 saturated heterocycles. The van der Waals surface area contributed by atoms with Crippen LogP contribution in [0.4, 0.5) is 16.2 Å². The first-order valence-corrected chi connectivity index (χ1v) is 21.2. The molecule has 2 aliphatic heterocycles. The van der Waals surface area contributed by atoms with Crippen molar-refractivity contribution >= 4 is 75.7 Å². The van der Waals surface area contributed by atoms with Crippen LogP contribution >= 0.6 is 46.4 Å². The lowest BCUT2D eigenvalue weighted by molar-refractivity contribution is 0.0213. The van der Waals surface area contributed by atoms with Gasteiger partial charge in [0.15, 0.2) is 0 Å². The van der Waals surface area contributed by atoms with E-state index in [1.165, 1.54) is 0 Å². The molecule has 0 unspecified atom stereocenters. The van der Waals surface area contributed by atoms with Gasteiger partial charge in [0, 0.05) is 80.6 Å². The summed E-state index contributed by atoms with van der Waals surface area (Å²) in [5.74, 6) is -0.552. The van der Waals surface area contributed by atoms with Crippen LogP contribution in [0.2, 0.25) is 20.1 Å². The highest BCUT2D eigenvalue weighted by Crippen LogP contribution is 2.37. The standard InChI is InChI=1S/C24H29Cl2N3O4.C19H21Cl2N3O2.CH4O/c1-24(2,3)33-23(32)28-11-12-29(21(15-28)16-4-7-18(25)8-5-16)20-9-6-17(14-19(20)26)22(31)27-10-13-30;20-15-4-1-13(2-5-15)18-12-22-7-9-24(18)17-6-3-14(11-16(17)21)19(26)23-8-10-25;1-2/h4-9,14,21,30H,10-13,15H2,1-3H3,(H,27,31);1-6,11,18,22,25H,7-10,12H2,(H,23,26);2H,1H3/t21-;18-;/m00./s1. The molecule has 17 heteroatoms. The van der Waals surface area contributed by atoms with Crippen LogP contribution in [0.25, 0.3) is 0 Å². The van der Waals surface area contributed by atoms with E-state index < -0.39 is 5.60 Å². The summed E-state index contributed by atoms with van der Waals surface area (Å²) in [6.45, 7) is 9.56. The molecular formula is C44H54Cl4N6O7. The number of aliphatic hydroxyl groups is 3. The zero-order valence-corrected chi connectivity index (χ0v) is 37.7. The number of nitrogens with one attached hydrogen (secondary N) is 3. The van der Waals surface area contributed by atoms with Crippen LogP contribution in [0.5, 0.6) is 0 Å². The summed E-state index contributed by atoms with van der Waals surface area (Å²) >= 11 is 25.2. The molecular weight excluding hydrogens is 866 g/mol. The molecule has 6 N–H and O–H groups in total. The van der Waals surface area contributed by atoms with Crippen molar-refractivity contribution in [2.45, 2.75) is 38.5 Å². The molecule has 3 amide bonds. The number of piperazine rings is 2. The van der Waals surface area contributed by atoms with Crippen LogP contribution in [0.15, 0.2) is 84.9 Å². The number of carbonyl (C=O) groups excluding carboxylic acids is 3. The third-order valence-corrected chi connectivity index (χ3v) is 10.7. The minimum Gasteiger partial charge on any atom is -0.444 e. The third-order valence-electron chi connectivity index (χ3n) is 9.62. The summed E-state index contributed by atoms with van der Waals surface area (Å²) in [6, 6.07) is 25.7. The average Bonchev–Trinajstić information content (AvgIpc) is 3.25. The molecule has 0 saturated carbocycles. The maximum atomic E-state index is 12.7. The summed E-state index contributed by atoms with van der Waals surface area (Å²) in [5, 5.41) is 35.7. The summed E-state index contributed by atoms with van der Waals surface area (Å²) in [6.07, 6.45) is -0.358. The van der Waals surface area contributed by atoms with Gasteiger partial charge in [0.1, 0.15) is 5.60 Å². The summed E-state index contributed by atoms with van der Waals surface area (Å²) in [7, 11) is 1.00. The number of hydrogen-bond acceptors (Lipinski definition) is 10. The zero-order chi connectivity index (χ0) is 44.7.